The molecule has 0 saturated heterocycles. The molecule has 0 unspecified atom stereocenters. The van der Waals surface area contributed by atoms with Gasteiger partial charge in [0.15, 0.2) is 0 Å². The van der Waals surface area contributed by atoms with Gasteiger partial charge in [-0.15, -0.1) is 0 Å². The van der Waals surface area contributed by atoms with Crippen LogP contribution in [0, 0.1) is 0 Å². The molecule has 2 aromatic rings. The number of aliphatic carboxylic acids is 1. The number of carboxylic acid groups (broad SMARTS) is 1. The number of benzene rings is 2. The van der Waals surface area contributed by atoms with Gasteiger partial charge in [0.05, 0.1) is 23.9 Å². The summed E-state index contributed by atoms with van der Waals surface area (Å²) in [5.74, 6) is -1.53. The third-order valence-corrected chi connectivity index (χ3v) is 4.46. The molecule has 0 aromatic heterocycles. The Kier molecular flexibility index (Phi) is 10.4. The zero-order chi connectivity index (χ0) is 21.4. The predicted octanol–water partition coefficient (Wildman–Crippen LogP) is 1.78. The van der Waals surface area contributed by atoms with Gasteiger partial charge in [-0.2, -0.15) is 0 Å². The van der Waals surface area contributed by atoms with Crippen molar-refractivity contribution in [2.75, 3.05) is 13.1 Å². The maximum atomic E-state index is 12.7. The second kappa shape index (κ2) is 12.3. The summed E-state index contributed by atoms with van der Waals surface area (Å²) in [6, 6.07) is 16.8. The number of carbonyl (C=O) groups excluding carboxylic acids is 1. The topological polar surface area (TPSA) is 91.2 Å². The Morgan fingerprint density at radius 2 is 1.50 bits per heavy atom. The molecule has 0 fully saturated rings. The number of hydrogen-bond acceptors (Lipinski definition) is 6. The smallest absolute Gasteiger partial charge is 0.861 e. The molecule has 0 aliphatic rings. The normalized spacial score (nSPS) is 12.4. The summed E-state index contributed by atoms with van der Waals surface area (Å²) in [5.41, 5.74) is 2.28. The van der Waals surface area contributed by atoms with E-state index in [1.54, 1.807) is 18.2 Å². The van der Waals surface area contributed by atoms with Crippen molar-refractivity contribution in [3.8, 4) is 0 Å². The predicted molar refractivity (Wildman–Crippen MR) is 112 cm³/mol. The molecule has 6 nitrogen and oxygen atoms in total. The van der Waals surface area contributed by atoms with Crippen molar-refractivity contribution in [2.45, 2.75) is 39.8 Å². The maximum Gasteiger partial charge on any atom is 2.00 e. The molecular formula is C23H27N3NiO3. The van der Waals surface area contributed by atoms with Gasteiger partial charge in [0, 0.05) is 29.8 Å². The molecule has 0 saturated carbocycles. The van der Waals surface area contributed by atoms with E-state index in [2.05, 4.69) is 14.9 Å². The monoisotopic (exact) mass is 451 g/mol. The summed E-state index contributed by atoms with van der Waals surface area (Å²) < 4.78 is 0. The molecule has 0 bridgehead atoms. The van der Waals surface area contributed by atoms with Gasteiger partial charge in [0.25, 0.3) is 0 Å². The van der Waals surface area contributed by atoms with Crippen LogP contribution in [-0.2, 0) is 21.3 Å². The minimum absolute atomic E-state index is 0. The van der Waals surface area contributed by atoms with Gasteiger partial charge in [0.2, 0.25) is 0 Å². The van der Waals surface area contributed by atoms with Gasteiger partial charge < -0.3 is 15.0 Å². The number of nitrogens with zero attached hydrogens (tertiary/aromatic N) is 3. The molecule has 2 aromatic carbocycles. The van der Waals surface area contributed by atoms with Crippen molar-refractivity contribution < 1.29 is 31.5 Å². The Labute approximate surface area is 188 Å². The number of para-hydroxylation sites is 1. The number of carbonyl (C=O) groups is 1. The van der Waals surface area contributed by atoms with Crippen LogP contribution in [0.25, 0.3) is 0 Å². The molecule has 0 amide bonds. The molecule has 7 heteroatoms. The minimum atomic E-state index is -1.27. The Balaban J connectivity index is 0.00000450. The zero-order valence-corrected chi connectivity index (χ0v) is 18.6. The zero-order valence-electron chi connectivity index (χ0n) is 17.6. The van der Waals surface area contributed by atoms with E-state index in [1.165, 1.54) is 0 Å². The average molecular weight is 452 g/mol. The summed E-state index contributed by atoms with van der Waals surface area (Å²) in [6.07, 6.45) is 0. The molecule has 2 rings (SSSR count). The maximum absolute atomic E-state index is 12.7. The average Bonchev–Trinajstić information content (AvgIpc) is 2.67. The minimum Gasteiger partial charge on any atom is -0.861 e. The number of rotatable bonds is 9. The molecule has 0 aliphatic heterocycles. The molecule has 0 N–H and O–H groups in total. The van der Waals surface area contributed by atoms with Crippen molar-refractivity contribution in [1.82, 2.24) is 4.90 Å². The fourth-order valence-electron chi connectivity index (χ4n) is 3.13. The molecule has 0 aliphatic carbocycles. The summed E-state index contributed by atoms with van der Waals surface area (Å²) in [6.45, 7) is 7.91. The molecule has 0 spiro atoms. The number of aliphatic imine (C=N–C) groups is 2. The second-order valence-electron chi connectivity index (χ2n) is 7.29. The standard InChI is InChI=1S/C23H29N3O3.Ni/c1-16(2)26(17(3)4)15-21(27)25-20-13-9-8-12-19(20)23(24-14-22(28)29)18-10-6-5-7-11-18;/h5-13,16-17H,14-15H2,1-4H3,(H,25,27)(H,28,29);/q;+2/p-2. The van der Waals surface area contributed by atoms with Crippen LogP contribution in [0.1, 0.15) is 38.8 Å². The van der Waals surface area contributed by atoms with Gasteiger partial charge in [-0.25, -0.2) is 0 Å². The number of hydrogen-bond donors (Lipinski definition) is 0. The quantitative estimate of drug-likeness (QED) is 0.330. The van der Waals surface area contributed by atoms with E-state index in [0.717, 1.165) is 5.56 Å². The first-order valence-corrected chi connectivity index (χ1v) is 9.69. The summed E-state index contributed by atoms with van der Waals surface area (Å²) in [4.78, 5) is 21.6. The Morgan fingerprint density at radius 3 is 2.07 bits per heavy atom. The fourth-order valence-corrected chi connectivity index (χ4v) is 3.13. The first-order chi connectivity index (χ1) is 13.8. The van der Waals surface area contributed by atoms with Crippen LogP contribution < -0.4 is 10.2 Å². The van der Waals surface area contributed by atoms with E-state index in [4.69, 9.17) is 0 Å². The first kappa shape index (κ1) is 25.5. The summed E-state index contributed by atoms with van der Waals surface area (Å²) >= 11 is 0. The SMILES string of the molecule is CC(C)N(CC([O-])=Nc1ccccc1C(=NCC(=O)[O-])c1ccccc1)C(C)C.[Ni+2]. The molecule has 0 radical (unpaired) electrons. The van der Waals surface area contributed by atoms with Gasteiger partial charge in [0.1, 0.15) is 0 Å². The van der Waals surface area contributed by atoms with E-state index in [9.17, 15) is 15.0 Å². The molecule has 0 atom stereocenters. The van der Waals surface area contributed by atoms with Crippen LogP contribution in [0.15, 0.2) is 64.6 Å². The number of carboxylic acids is 1. The Bertz CT molecular complexity index is 872. The van der Waals surface area contributed by atoms with E-state index in [-0.39, 0.29) is 41.0 Å². The van der Waals surface area contributed by atoms with Gasteiger partial charge in [-0.1, -0.05) is 48.5 Å². The van der Waals surface area contributed by atoms with Crippen LogP contribution in [0.5, 0.6) is 0 Å². The molecule has 162 valence electrons. The van der Waals surface area contributed by atoms with E-state index < -0.39 is 12.5 Å². The van der Waals surface area contributed by atoms with Crippen LogP contribution in [0.2, 0.25) is 0 Å². The van der Waals surface area contributed by atoms with Crippen molar-refractivity contribution >= 4 is 23.3 Å². The third kappa shape index (κ3) is 7.40. The summed E-state index contributed by atoms with van der Waals surface area (Å²) in [7, 11) is 0. The second-order valence-corrected chi connectivity index (χ2v) is 7.29. The summed E-state index contributed by atoms with van der Waals surface area (Å²) in [5, 5.41) is 23.6. The van der Waals surface area contributed by atoms with Crippen LogP contribution in [0.3, 0.4) is 0 Å². The molecular weight excluding hydrogens is 425 g/mol. The van der Waals surface area contributed by atoms with Crippen molar-refractivity contribution in [1.29, 1.82) is 0 Å². The molecule has 30 heavy (non-hydrogen) atoms. The van der Waals surface area contributed by atoms with Crippen LogP contribution >= 0.6 is 0 Å². The van der Waals surface area contributed by atoms with Gasteiger partial charge in [-0.3, -0.25) is 14.9 Å². The van der Waals surface area contributed by atoms with Gasteiger partial charge >= 0.3 is 16.5 Å². The Hall–Kier alpha value is -2.50. The first-order valence-electron chi connectivity index (χ1n) is 9.69. The van der Waals surface area contributed by atoms with Crippen molar-refractivity contribution in [3.63, 3.8) is 0 Å². The van der Waals surface area contributed by atoms with Crippen molar-refractivity contribution in [2.24, 2.45) is 9.98 Å². The Morgan fingerprint density at radius 1 is 0.933 bits per heavy atom. The van der Waals surface area contributed by atoms with Crippen LogP contribution in [-0.4, -0.2) is 47.7 Å². The largest absolute Gasteiger partial charge is 2.00 e. The van der Waals surface area contributed by atoms with E-state index in [1.807, 2.05) is 64.1 Å². The van der Waals surface area contributed by atoms with E-state index in [0.29, 0.717) is 17.0 Å². The van der Waals surface area contributed by atoms with Crippen molar-refractivity contribution in [3.05, 3.63) is 65.7 Å². The van der Waals surface area contributed by atoms with Gasteiger partial charge in [-0.05, 0) is 39.7 Å². The van der Waals surface area contributed by atoms with E-state index >= 15 is 0 Å². The molecule has 0 heterocycles. The third-order valence-electron chi connectivity index (χ3n) is 4.46. The van der Waals surface area contributed by atoms with Crippen LogP contribution in [0.4, 0.5) is 5.69 Å². The fraction of sp³-hybridized carbons (Fsp3) is 0.348.